The lowest BCUT2D eigenvalue weighted by molar-refractivity contribution is 0.371. The molecule has 0 bridgehead atoms. The molecular formula is C18H24F2IN5O2S2. The van der Waals surface area contributed by atoms with E-state index in [1.54, 1.807) is 29.5 Å². The van der Waals surface area contributed by atoms with Gasteiger partial charge < -0.3 is 15.1 Å². The molecule has 1 aromatic heterocycles. The Labute approximate surface area is 196 Å². The highest BCUT2D eigenvalue weighted by molar-refractivity contribution is 14.0. The molecule has 2 N–H and O–H groups in total. The van der Waals surface area contributed by atoms with Crippen LogP contribution in [-0.4, -0.2) is 65.6 Å². The third-order valence-corrected chi connectivity index (χ3v) is 7.36. The molecule has 1 fully saturated rings. The van der Waals surface area contributed by atoms with Gasteiger partial charge in [-0.2, -0.15) is 0 Å². The molecule has 166 valence electrons. The lowest BCUT2D eigenvalue weighted by atomic mass is 10.2. The fourth-order valence-corrected chi connectivity index (χ4v) is 5.14. The monoisotopic (exact) mass is 571 g/mol. The number of thiophene rings is 1. The molecule has 1 aliphatic rings. The number of rotatable bonds is 6. The summed E-state index contributed by atoms with van der Waals surface area (Å²) in [6.45, 7) is 2.79. The molecule has 1 aliphatic heterocycles. The second-order valence-electron chi connectivity index (χ2n) is 6.37. The van der Waals surface area contributed by atoms with Gasteiger partial charge in [0, 0.05) is 52.4 Å². The van der Waals surface area contributed by atoms with Gasteiger partial charge in [0.25, 0.3) is 0 Å². The van der Waals surface area contributed by atoms with Crippen LogP contribution >= 0.6 is 35.3 Å². The summed E-state index contributed by atoms with van der Waals surface area (Å²) in [5.74, 6) is -0.272. The third-order valence-electron chi connectivity index (χ3n) is 4.50. The van der Waals surface area contributed by atoms with Crippen LogP contribution in [0.3, 0.4) is 0 Å². The third kappa shape index (κ3) is 6.25. The molecule has 0 unspecified atom stereocenters. The van der Waals surface area contributed by atoms with Crippen LogP contribution in [0.1, 0.15) is 0 Å². The van der Waals surface area contributed by atoms with Gasteiger partial charge in [-0.05, 0) is 23.6 Å². The number of hydrogen-bond acceptors (Lipinski definition) is 5. The largest absolute Gasteiger partial charge is 0.366 e. The van der Waals surface area contributed by atoms with Crippen molar-refractivity contribution >= 4 is 57.0 Å². The fourth-order valence-electron chi connectivity index (χ4n) is 3.07. The Morgan fingerprint density at radius 1 is 1.17 bits per heavy atom. The Balaban J connectivity index is 0.00000320. The first kappa shape index (κ1) is 24.8. The van der Waals surface area contributed by atoms with Crippen molar-refractivity contribution in [3.8, 4) is 0 Å². The molecule has 0 radical (unpaired) electrons. The Bertz CT molecular complexity index is 949. The Hall–Kier alpha value is -1.51. The molecule has 12 heteroatoms. The molecular weight excluding hydrogens is 547 g/mol. The number of benzene rings is 1. The highest BCUT2D eigenvalue weighted by atomic mass is 127. The second kappa shape index (κ2) is 11.2. The average molecular weight is 571 g/mol. The topological polar surface area (TPSA) is 77.0 Å². The SMILES string of the molecule is CN=C(NCCNS(=O)(=O)c1cccs1)N1CCN(c2cc(F)ccc2F)CC1.I. The summed E-state index contributed by atoms with van der Waals surface area (Å²) in [5.41, 5.74) is 0.260. The van der Waals surface area contributed by atoms with Crippen molar-refractivity contribution in [2.75, 3.05) is 51.2 Å². The van der Waals surface area contributed by atoms with E-state index in [9.17, 15) is 17.2 Å². The molecule has 2 aromatic rings. The van der Waals surface area contributed by atoms with Crippen LogP contribution in [0.25, 0.3) is 0 Å². The molecule has 0 aliphatic carbocycles. The van der Waals surface area contributed by atoms with E-state index in [0.717, 1.165) is 23.5 Å². The van der Waals surface area contributed by atoms with E-state index in [1.807, 2.05) is 4.90 Å². The van der Waals surface area contributed by atoms with Crippen molar-refractivity contribution in [2.24, 2.45) is 4.99 Å². The number of aliphatic imine (C=N–C) groups is 1. The lowest BCUT2D eigenvalue weighted by Crippen LogP contribution is -2.53. The van der Waals surface area contributed by atoms with E-state index in [-0.39, 0.29) is 40.4 Å². The number of sulfonamides is 1. The Kier molecular flexibility index (Phi) is 9.25. The average Bonchev–Trinajstić information content (AvgIpc) is 3.26. The first-order valence-electron chi connectivity index (χ1n) is 9.09. The summed E-state index contributed by atoms with van der Waals surface area (Å²) in [5, 5.41) is 4.84. The minimum atomic E-state index is -3.49. The zero-order chi connectivity index (χ0) is 20.9. The van der Waals surface area contributed by atoms with Crippen LogP contribution in [0.15, 0.2) is 44.9 Å². The van der Waals surface area contributed by atoms with E-state index < -0.39 is 21.7 Å². The van der Waals surface area contributed by atoms with Crippen LogP contribution in [0.4, 0.5) is 14.5 Å². The molecule has 3 rings (SSSR count). The van der Waals surface area contributed by atoms with Crippen LogP contribution in [0, 0.1) is 11.6 Å². The predicted octanol–water partition coefficient (Wildman–Crippen LogP) is 2.32. The van der Waals surface area contributed by atoms with Crippen molar-refractivity contribution in [2.45, 2.75) is 4.21 Å². The van der Waals surface area contributed by atoms with E-state index in [2.05, 4.69) is 15.0 Å². The maximum absolute atomic E-state index is 14.0. The maximum Gasteiger partial charge on any atom is 0.250 e. The minimum Gasteiger partial charge on any atom is -0.366 e. The van der Waals surface area contributed by atoms with E-state index in [4.69, 9.17) is 0 Å². The number of piperazine rings is 1. The number of anilines is 1. The van der Waals surface area contributed by atoms with Gasteiger partial charge in [-0.3, -0.25) is 4.99 Å². The Morgan fingerprint density at radius 3 is 2.53 bits per heavy atom. The van der Waals surface area contributed by atoms with Crippen molar-refractivity contribution in [3.05, 3.63) is 47.3 Å². The van der Waals surface area contributed by atoms with Crippen molar-refractivity contribution in [1.29, 1.82) is 0 Å². The normalized spacial score (nSPS) is 15.1. The molecule has 2 heterocycles. The number of nitrogens with one attached hydrogen (secondary N) is 2. The van der Waals surface area contributed by atoms with Crippen LogP contribution in [-0.2, 0) is 10.0 Å². The van der Waals surface area contributed by atoms with E-state index in [0.29, 0.717) is 38.7 Å². The minimum absolute atomic E-state index is 0. The van der Waals surface area contributed by atoms with Gasteiger partial charge in [-0.1, -0.05) is 6.07 Å². The number of nitrogens with zero attached hydrogens (tertiary/aromatic N) is 3. The smallest absolute Gasteiger partial charge is 0.250 e. The highest BCUT2D eigenvalue weighted by Gasteiger charge is 2.22. The van der Waals surface area contributed by atoms with Crippen LogP contribution in [0.5, 0.6) is 0 Å². The summed E-state index contributed by atoms with van der Waals surface area (Å²) < 4.78 is 54.4. The van der Waals surface area contributed by atoms with Gasteiger partial charge in [-0.15, -0.1) is 35.3 Å². The maximum atomic E-state index is 14.0. The predicted molar refractivity (Wildman–Crippen MR) is 126 cm³/mol. The first-order valence-corrected chi connectivity index (χ1v) is 11.5. The molecule has 30 heavy (non-hydrogen) atoms. The first-order chi connectivity index (χ1) is 13.9. The zero-order valence-electron chi connectivity index (χ0n) is 16.3. The molecule has 7 nitrogen and oxygen atoms in total. The Morgan fingerprint density at radius 2 is 1.90 bits per heavy atom. The van der Waals surface area contributed by atoms with Gasteiger partial charge in [0.05, 0.1) is 5.69 Å². The van der Waals surface area contributed by atoms with Gasteiger partial charge in [0.2, 0.25) is 10.0 Å². The molecule has 0 amide bonds. The lowest BCUT2D eigenvalue weighted by Gasteiger charge is -2.37. The van der Waals surface area contributed by atoms with Crippen LogP contribution < -0.4 is 14.9 Å². The quantitative estimate of drug-likeness (QED) is 0.241. The van der Waals surface area contributed by atoms with Crippen LogP contribution in [0.2, 0.25) is 0 Å². The molecule has 0 atom stereocenters. The molecule has 1 aromatic carbocycles. The summed E-state index contributed by atoms with van der Waals surface area (Å²) >= 11 is 1.16. The van der Waals surface area contributed by atoms with E-state index in [1.165, 1.54) is 6.07 Å². The van der Waals surface area contributed by atoms with Gasteiger partial charge >= 0.3 is 0 Å². The van der Waals surface area contributed by atoms with Crippen molar-refractivity contribution in [1.82, 2.24) is 14.9 Å². The fraction of sp³-hybridized carbons (Fsp3) is 0.389. The highest BCUT2D eigenvalue weighted by Crippen LogP contribution is 2.22. The van der Waals surface area contributed by atoms with E-state index >= 15 is 0 Å². The van der Waals surface area contributed by atoms with Gasteiger partial charge in [-0.25, -0.2) is 21.9 Å². The summed E-state index contributed by atoms with van der Waals surface area (Å²) in [4.78, 5) is 8.03. The number of halogens is 3. The zero-order valence-corrected chi connectivity index (χ0v) is 20.3. The van der Waals surface area contributed by atoms with Gasteiger partial charge in [0.1, 0.15) is 15.8 Å². The summed E-state index contributed by atoms with van der Waals surface area (Å²) in [6.07, 6.45) is 0. The molecule has 0 saturated carbocycles. The standard InChI is InChI=1S/C18H23F2N5O2S2.HI/c1-21-18(22-6-7-23-29(26,27)17-3-2-12-28-17)25-10-8-24(9-11-25)16-13-14(19)4-5-15(16)20;/h2-5,12-13,23H,6-11H2,1H3,(H,21,22);1H. The molecule has 1 saturated heterocycles. The van der Waals surface area contributed by atoms with Crippen molar-refractivity contribution < 1.29 is 17.2 Å². The molecule has 0 spiro atoms. The number of hydrogen-bond donors (Lipinski definition) is 2. The number of guanidine groups is 1. The van der Waals surface area contributed by atoms with Crippen molar-refractivity contribution in [3.63, 3.8) is 0 Å². The summed E-state index contributed by atoms with van der Waals surface area (Å²) in [6, 6.07) is 6.69. The van der Waals surface area contributed by atoms with Gasteiger partial charge in [0.15, 0.2) is 5.96 Å². The second-order valence-corrected chi connectivity index (χ2v) is 9.32. The summed E-state index contributed by atoms with van der Waals surface area (Å²) in [7, 11) is -1.84.